The van der Waals surface area contributed by atoms with Crippen molar-refractivity contribution >= 4 is 5.91 Å². The molecule has 0 spiro atoms. The molecule has 14 heavy (non-hydrogen) atoms. The predicted molar refractivity (Wildman–Crippen MR) is 58.1 cm³/mol. The molecule has 82 valence electrons. The molecule has 2 unspecified atom stereocenters. The molecule has 1 aliphatic carbocycles. The summed E-state index contributed by atoms with van der Waals surface area (Å²) in [7, 11) is 1.69. The number of nitrogens with one attached hydrogen (secondary N) is 2. The lowest BCUT2D eigenvalue weighted by Gasteiger charge is -2.16. The summed E-state index contributed by atoms with van der Waals surface area (Å²) in [6.45, 7) is 3.28. The highest BCUT2D eigenvalue weighted by Gasteiger charge is 2.21. The number of carbonyl (C=O) groups is 1. The standard InChI is InChI=1S/C11H22N2O/c1-9-5-3-6-10(9)13-8-4-7-11(14)12-2/h9-10,13H,3-8H2,1-2H3,(H,12,14). The van der Waals surface area contributed by atoms with Crippen LogP contribution in [-0.2, 0) is 4.79 Å². The van der Waals surface area contributed by atoms with Crippen LogP contribution >= 0.6 is 0 Å². The van der Waals surface area contributed by atoms with Gasteiger partial charge in [-0.3, -0.25) is 4.79 Å². The van der Waals surface area contributed by atoms with E-state index in [1.165, 1.54) is 19.3 Å². The first-order chi connectivity index (χ1) is 6.74. The van der Waals surface area contributed by atoms with Crippen LogP contribution in [0.2, 0.25) is 0 Å². The van der Waals surface area contributed by atoms with Crippen molar-refractivity contribution in [1.82, 2.24) is 10.6 Å². The second kappa shape index (κ2) is 6.02. The third-order valence-electron chi connectivity index (χ3n) is 3.13. The minimum Gasteiger partial charge on any atom is -0.359 e. The molecule has 1 rings (SSSR count). The molecule has 1 aliphatic rings. The third-order valence-corrected chi connectivity index (χ3v) is 3.13. The predicted octanol–water partition coefficient (Wildman–Crippen LogP) is 1.29. The Morgan fingerprint density at radius 3 is 2.79 bits per heavy atom. The van der Waals surface area contributed by atoms with E-state index in [0.717, 1.165) is 18.9 Å². The fraction of sp³-hybridized carbons (Fsp3) is 0.909. The van der Waals surface area contributed by atoms with Crippen LogP contribution in [0.25, 0.3) is 0 Å². The van der Waals surface area contributed by atoms with Crippen LogP contribution in [-0.4, -0.2) is 25.5 Å². The van der Waals surface area contributed by atoms with Crippen molar-refractivity contribution in [2.75, 3.05) is 13.6 Å². The van der Waals surface area contributed by atoms with Gasteiger partial charge in [-0.1, -0.05) is 13.3 Å². The smallest absolute Gasteiger partial charge is 0.219 e. The highest BCUT2D eigenvalue weighted by atomic mass is 16.1. The Kier molecular flexibility index (Phi) is 4.94. The summed E-state index contributed by atoms with van der Waals surface area (Å²) in [4.78, 5) is 10.9. The number of hydrogen-bond acceptors (Lipinski definition) is 2. The van der Waals surface area contributed by atoms with Crippen LogP contribution in [0, 0.1) is 5.92 Å². The molecule has 0 aromatic rings. The van der Waals surface area contributed by atoms with E-state index < -0.39 is 0 Å². The molecule has 3 heteroatoms. The monoisotopic (exact) mass is 198 g/mol. The Labute approximate surface area is 86.6 Å². The Bertz CT molecular complexity index is 182. The van der Waals surface area contributed by atoms with Gasteiger partial charge in [-0.25, -0.2) is 0 Å². The van der Waals surface area contributed by atoms with E-state index in [2.05, 4.69) is 17.6 Å². The maximum Gasteiger partial charge on any atom is 0.219 e. The Morgan fingerprint density at radius 1 is 1.43 bits per heavy atom. The zero-order valence-corrected chi connectivity index (χ0v) is 9.31. The van der Waals surface area contributed by atoms with Gasteiger partial charge in [0, 0.05) is 19.5 Å². The molecule has 2 N–H and O–H groups in total. The summed E-state index contributed by atoms with van der Waals surface area (Å²) in [5.41, 5.74) is 0. The molecule has 2 atom stereocenters. The van der Waals surface area contributed by atoms with Gasteiger partial charge in [-0.05, 0) is 31.7 Å². The maximum absolute atomic E-state index is 10.9. The van der Waals surface area contributed by atoms with Gasteiger partial charge in [-0.2, -0.15) is 0 Å². The number of amides is 1. The fourth-order valence-electron chi connectivity index (χ4n) is 2.11. The van der Waals surface area contributed by atoms with Crippen LogP contribution in [0.4, 0.5) is 0 Å². The van der Waals surface area contributed by atoms with Crippen molar-refractivity contribution < 1.29 is 4.79 Å². The van der Waals surface area contributed by atoms with Crippen LogP contribution in [0.3, 0.4) is 0 Å². The van der Waals surface area contributed by atoms with Gasteiger partial charge in [0.05, 0.1) is 0 Å². The van der Waals surface area contributed by atoms with Gasteiger partial charge in [-0.15, -0.1) is 0 Å². The number of hydrogen-bond donors (Lipinski definition) is 2. The molecule has 0 aromatic heterocycles. The molecule has 1 fully saturated rings. The largest absolute Gasteiger partial charge is 0.359 e. The minimum absolute atomic E-state index is 0.145. The molecule has 3 nitrogen and oxygen atoms in total. The van der Waals surface area contributed by atoms with Crippen LogP contribution < -0.4 is 10.6 Å². The summed E-state index contributed by atoms with van der Waals surface area (Å²) in [5, 5.41) is 6.17. The van der Waals surface area contributed by atoms with Crippen molar-refractivity contribution in [1.29, 1.82) is 0 Å². The zero-order valence-electron chi connectivity index (χ0n) is 9.31. The van der Waals surface area contributed by atoms with E-state index in [1.54, 1.807) is 7.05 Å². The molecule has 0 aliphatic heterocycles. The first kappa shape index (κ1) is 11.5. The van der Waals surface area contributed by atoms with Crippen LogP contribution in [0.15, 0.2) is 0 Å². The van der Waals surface area contributed by atoms with E-state index in [0.29, 0.717) is 12.5 Å². The second-order valence-corrected chi connectivity index (χ2v) is 4.25. The highest BCUT2D eigenvalue weighted by Crippen LogP contribution is 2.24. The molecule has 0 heterocycles. The Hall–Kier alpha value is -0.570. The molecule has 0 aromatic carbocycles. The topological polar surface area (TPSA) is 41.1 Å². The summed E-state index contributed by atoms with van der Waals surface area (Å²) in [6, 6.07) is 0.694. The first-order valence-corrected chi connectivity index (χ1v) is 5.68. The van der Waals surface area contributed by atoms with E-state index in [1.807, 2.05) is 0 Å². The molecule has 1 saturated carbocycles. The maximum atomic E-state index is 10.9. The Morgan fingerprint density at radius 2 is 2.21 bits per heavy atom. The van der Waals surface area contributed by atoms with Crippen molar-refractivity contribution in [3.8, 4) is 0 Å². The van der Waals surface area contributed by atoms with E-state index >= 15 is 0 Å². The van der Waals surface area contributed by atoms with Gasteiger partial charge >= 0.3 is 0 Å². The molecule has 0 bridgehead atoms. The van der Waals surface area contributed by atoms with E-state index in [4.69, 9.17) is 0 Å². The summed E-state index contributed by atoms with van der Waals surface area (Å²) >= 11 is 0. The van der Waals surface area contributed by atoms with E-state index in [-0.39, 0.29) is 5.91 Å². The lowest BCUT2D eigenvalue weighted by molar-refractivity contribution is -0.120. The van der Waals surface area contributed by atoms with Crippen LogP contribution in [0.1, 0.15) is 39.0 Å². The number of carbonyl (C=O) groups excluding carboxylic acids is 1. The highest BCUT2D eigenvalue weighted by molar-refractivity contribution is 5.75. The van der Waals surface area contributed by atoms with Gasteiger partial charge < -0.3 is 10.6 Å². The molecule has 0 saturated heterocycles. The summed E-state index contributed by atoms with van der Waals surface area (Å²) in [5.74, 6) is 0.960. The van der Waals surface area contributed by atoms with Gasteiger partial charge in [0.15, 0.2) is 0 Å². The SMILES string of the molecule is CNC(=O)CCCNC1CCCC1C. The molecular weight excluding hydrogens is 176 g/mol. The normalized spacial score (nSPS) is 26.4. The quantitative estimate of drug-likeness (QED) is 0.654. The minimum atomic E-state index is 0.145. The van der Waals surface area contributed by atoms with Crippen LogP contribution in [0.5, 0.6) is 0 Å². The summed E-state index contributed by atoms with van der Waals surface area (Å²) in [6.07, 6.45) is 5.61. The van der Waals surface area contributed by atoms with Gasteiger partial charge in [0.25, 0.3) is 0 Å². The van der Waals surface area contributed by atoms with Crippen molar-refractivity contribution in [2.45, 2.75) is 45.1 Å². The average molecular weight is 198 g/mol. The molecular formula is C11H22N2O. The van der Waals surface area contributed by atoms with Crippen molar-refractivity contribution in [3.05, 3.63) is 0 Å². The average Bonchev–Trinajstić information content (AvgIpc) is 2.58. The fourth-order valence-corrected chi connectivity index (χ4v) is 2.11. The van der Waals surface area contributed by atoms with Crippen molar-refractivity contribution in [3.63, 3.8) is 0 Å². The number of rotatable bonds is 5. The lowest BCUT2D eigenvalue weighted by atomic mass is 10.1. The second-order valence-electron chi connectivity index (χ2n) is 4.25. The zero-order chi connectivity index (χ0) is 10.4. The molecule has 1 amide bonds. The lowest BCUT2D eigenvalue weighted by Crippen LogP contribution is -2.32. The van der Waals surface area contributed by atoms with Gasteiger partial charge in [0.2, 0.25) is 5.91 Å². The first-order valence-electron chi connectivity index (χ1n) is 5.68. The van der Waals surface area contributed by atoms with Crippen molar-refractivity contribution in [2.24, 2.45) is 5.92 Å². The third kappa shape index (κ3) is 3.66. The summed E-state index contributed by atoms with van der Waals surface area (Å²) < 4.78 is 0. The molecule has 0 radical (unpaired) electrons. The van der Waals surface area contributed by atoms with Gasteiger partial charge in [0.1, 0.15) is 0 Å². The Balaban J connectivity index is 2.01. The van der Waals surface area contributed by atoms with E-state index in [9.17, 15) is 4.79 Å².